The quantitative estimate of drug-likeness (QED) is 0.709. The second-order valence-corrected chi connectivity index (χ2v) is 4.07. The Morgan fingerprint density at radius 2 is 2.43 bits per heavy atom. The van der Waals surface area contributed by atoms with Crippen molar-refractivity contribution in [1.82, 2.24) is 10.2 Å². The van der Waals surface area contributed by atoms with Crippen molar-refractivity contribution in [3.63, 3.8) is 0 Å². The molecule has 1 aromatic heterocycles. The smallest absolute Gasteiger partial charge is 0.318 e. The van der Waals surface area contributed by atoms with Gasteiger partial charge >= 0.3 is 6.01 Å². The lowest BCUT2D eigenvalue weighted by molar-refractivity contribution is 0.410. The van der Waals surface area contributed by atoms with Gasteiger partial charge in [0.05, 0.1) is 0 Å². The van der Waals surface area contributed by atoms with Crippen molar-refractivity contribution in [2.24, 2.45) is 5.92 Å². The molecule has 1 aliphatic heterocycles. The van der Waals surface area contributed by atoms with E-state index in [1.807, 2.05) is 0 Å². The summed E-state index contributed by atoms with van der Waals surface area (Å²) in [7, 11) is 0. The lowest BCUT2D eigenvalue weighted by Crippen LogP contribution is -2.34. The summed E-state index contributed by atoms with van der Waals surface area (Å²) in [5.74, 6) is 1.49. The van der Waals surface area contributed by atoms with Crippen molar-refractivity contribution in [2.75, 3.05) is 18.0 Å². The average Bonchev–Trinajstić information content (AvgIpc) is 2.66. The molecule has 1 aromatic rings. The van der Waals surface area contributed by atoms with Crippen LogP contribution >= 0.6 is 11.6 Å². The summed E-state index contributed by atoms with van der Waals surface area (Å²) in [5.41, 5.74) is 0. The summed E-state index contributed by atoms with van der Waals surface area (Å²) in [6.07, 6.45) is 2.48. The largest absolute Gasteiger partial charge is 0.407 e. The first-order valence-corrected chi connectivity index (χ1v) is 5.46. The van der Waals surface area contributed by atoms with Gasteiger partial charge < -0.3 is 9.32 Å². The summed E-state index contributed by atoms with van der Waals surface area (Å²) < 4.78 is 5.39. The Morgan fingerprint density at radius 3 is 3.07 bits per heavy atom. The molecule has 0 aliphatic carbocycles. The Morgan fingerprint density at radius 1 is 1.57 bits per heavy atom. The van der Waals surface area contributed by atoms with E-state index in [2.05, 4.69) is 22.0 Å². The lowest BCUT2D eigenvalue weighted by atomic mass is 10.0. The summed E-state index contributed by atoms with van der Waals surface area (Å²) in [4.78, 5) is 2.14. The molecule has 0 bridgehead atoms. The van der Waals surface area contributed by atoms with Gasteiger partial charge in [-0.25, -0.2) is 0 Å². The molecule has 4 nitrogen and oxygen atoms in total. The number of nitrogens with zero attached hydrogens (tertiary/aromatic N) is 3. The minimum atomic E-state index is 0.288. The molecule has 0 aromatic carbocycles. The molecule has 0 radical (unpaired) electrons. The highest BCUT2D eigenvalue weighted by Crippen LogP contribution is 2.21. The first-order valence-electron chi connectivity index (χ1n) is 4.93. The fourth-order valence-electron chi connectivity index (χ4n) is 1.79. The fraction of sp³-hybridized carbons (Fsp3) is 0.778. The van der Waals surface area contributed by atoms with Gasteiger partial charge in [-0.15, -0.1) is 16.7 Å². The van der Waals surface area contributed by atoms with Crippen molar-refractivity contribution in [3.05, 3.63) is 5.89 Å². The second-order valence-electron chi connectivity index (χ2n) is 3.81. The number of piperidine rings is 1. The molecule has 5 heteroatoms. The van der Waals surface area contributed by atoms with Crippen molar-refractivity contribution in [1.29, 1.82) is 0 Å². The van der Waals surface area contributed by atoms with E-state index in [1.54, 1.807) is 0 Å². The number of hydrogen-bond acceptors (Lipinski definition) is 4. The second kappa shape index (κ2) is 4.17. The third-order valence-electron chi connectivity index (χ3n) is 2.50. The Balaban J connectivity index is 2.06. The predicted molar refractivity (Wildman–Crippen MR) is 54.5 cm³/mol. The Hall–Kier alpha value is -0.770. The molecule has 78 valence electrons. The first kappa shape index (κ1) is 9.77. The van der Waals surface area contributed by atoms with Gasteiger partial charge in [0.2, 0.25) is 5.89 Å². The van der Waals surface area contributed by atoms with E-state index in [0.29, 0.717) is 17.8 Å². The highest BCUT2D eigenvalue weighted by Gasteiger charge is 2.20. The molecular formula is C9H14ClN3O. The maximum absolute atomic E-state index is 5.59. The van der Waals surface area contributed by atoms with Crippen molar-refractivity contribution >= 4 is 17.6 Å². The monoisotopic (exact) mass is 215 g/mol. The summed E-state index contributed by atoms with van der Waals surface area (Å²) in [6, 6.07) is 0.618. The van der Waals surface area contributed by atoms with Crippen LogP contribution in [0.2, 0.25) is 0 Å². The third kappa shape index (κ3) is 2.00. The van der Waals surface area contributed by atoms with Crippen LogP contribution in [-0.2, 0) is 5.88 Å². The SMILES string of the molecule is CC1CCCN(c2nnc(CCl)o2)C1. The van der Waals surface area contributed by atoms with Crippen LogP contribution in [0.25, 0.3) is 0 Å². The van der Waals surface area contributed by atoms with E-state index >= 15 is 0 Å². The predicted octanol–water partition coefficient (Wildman–Crippen LogP) is 2.04. The molecule has 1 unspecified atom stereocenters. The topological polar surface area (TPSA) is 42.2 Å². The Labute approximate surface area is 88.2 Å². The number of hydrogen-bond donors (Lipinski definition) is 0. The van der Waals surface area contributed by atoms with Gasteiger partial charge in [-0.1, -0.05) is 12.0 Å². The van der Waals surface area contributed by atoms with Crippen LogP contribution in [0.3, 0.4) is 0 Å². The molecule has 0 spiro atoms. The minimum Gasteiger partial charge on any atom is -0.407 e. The lowest BCUT2D eigenvalue weighted by Gasteiger charge is -2.28. The van der Waals surface area contributed by atoms with Crippen molar-refractivity contribution < 1.29 is 4.42 Å². The minimum absolute atomic E-state index is 0.288. The van der Waals surface area contributed by atoms with Crippen LogP contribution < -0.4 is 4.90 Å². The number of rotatable bonds is 2. The molecule has 2 heterocycles. The number of aromatic nitrogens is 2. The Bertz CT molecular complexity index is 302. The zero-order valence-corrected chi connectivity index (χ0v) is 9.00. The highest BCUT2D eigenvalue weighted by molar-refractivity contribution is 6.16. The average molecular weight is 216 g/mol. The van der Waals surface area contributed by atoms with Gasteiger partial charge in [0.25, 0.3) is 0 Å². The highest BCUT2D eigenvalue weighted by atomic mass is 35.5. The maximum atomic E-state index is 5.59. The van der Waals surface area contributed by atoms with Crippen molar-refractivity contribution in [2.45, 2.75) is 25.6 Å². The van der Waals surface area contributed by atoms with Gasteiger partial charge in [-0.05, 0) is 18.8 Å². The Kier molecular flexibility index (Phi) is 2.91. The van der Waals surface area contributed by atoms with Gasteiger partial charge in [-0.3, -0.25) is 0 Å². The zero-order valence-electron chi connectivity index (χ0n) is 8.24. The third-order valence-corrected chi connectivity index (χ3v) is 2.73. The normalized spacial score (nSPS) is 22.7. The zero-order chi connectivity index (χ0) is 9.97. The van der Waals surface area contributed by atoms with Crippen LogP contribution in [0.15, 0.2) is 4.42 Å². The summed E-state index contributed by atoms with van der Waals surface area (Å²) in [6.45, 7) is 4.25. The van der Waals surface area contributed by atoms with E-state index in [0.717, 1.165) is 13.1 Å². The van der Waals surface area contributed by atoms with Crippen molar-refractivity contribution in [3.8, 4) is 0 Å². The van der Waals surface area contributed by atoms with E-state index in [9.17, 15) is 0 Å². The van der Waals surface area contributed by atoms with E-state index < -0.39 is 0 Å². The van der Waals surface area contributed by atoms with Gasteiger partial charge in [0, 0.05) is 13.1 Å². The van der Waals surface area contributed by atoms with E-state index in [1.165, 1.54) is 12.8 Å². The molecule has 0 N–H and O–H groups in total. The number of anilines is 1. The molecule has 1 atom stereocenters. The molecule has 0 saturated carbocycles. The summed E-state index contributed by atoms with van der Waals surface area (Å²) >= 11 is 5.59. The van der Waals surface area contributed by atoms with Crippen LogP contribution in [0.4, 0.5) is 6.01 Å². The molecule has 2 rings (SSSR count). The molecule has 1 aliphatic rings. The summed E-state index contributed by atoms with van der Waals surface area (Å²) in [5, 5.41) is 7.81. The van der Waals surface area contributed by atoms with Gasteiger partial charge in [0.15, 0.2) is 0 Å². The molecular weight excluding hydrogens is 202 g/mol. The molecule has 0 amide bonds. The first-order chi connectivity index (χ1) is 6.79. The fourth-order valence-corrected chi connectivity index (χ4v) is 1.90. The van der Waals surface area contributed by atoms with Crippen LogP contribution in [0.5, 0.6) is 0 Å². The van der Waals surface area contributed by atoms with Crippen LogP contribution in [0, 0.1) is 5.92 Å². The molecule has 14 heavy (non-hydrogen) atoms. The number of alkyl halides is 1. The number of halogens is 1. The van der Waals surface area contributed by atoms with E-state index in [-0.39, 0.29) is 5.88 Å². The van der Waals surface area contributed by atoms with Gasteiger partial charge in [-0.2, -0.15) is 0 Å². The molecule has 1 saturated heterocycles. The van der Waals surface area contributed by atoms with E-state index in [4.69, 9.17) is 16.0 Å². The maximum Gasteiger partial charge on any atom is 0.318 e. The van der Waals surface area contributed by atoms with Gasteiger partial charge in [0.1, 0.15) is 5.88 Å². The standard InChI is InChI=1S/C9H14ClN3O/c1-7-3-2-4-13(6-7)9-12-11-8(5-10)14-9/h7H,2-6H2,1H3. The van der Waals surface area contributed by atoms with Crippen LogP contribution in [-0.4, -0.2) is 23.3 Å². The van der Waals surface area contributed by atoms with Crippen LogP contribution in [0.1, 0.15) is 25.7 Å². The molecule has 1 fully saturated rings.